The van der Waals surface area contributed by atoms with E-state index in [4.69, 9.17) is 9.72 Å². The summed E-state index contributed by atoms with van der Waals surface area (Å²) < 4.78 is 9.51. The molecule has 2 aromatic heterocycles. The van der Waals surface area contributed by atoms with Crippen LogP contribution in [0.15, 0.2) is 219 Å². The summed E-state index contributed by atoms with van der Waals surface area (Å²) in [6, 6.07) is 74.6. The van der Waals surface area contributed by atoms with Gasteiger partial charge in [-0.3, -0.25) is 4.57 Å². The zero-order valence-corrected chi connectivity index (χ0v) is 44.3. The zero-order valence-electron chi connectivity index (χ0n) is 44.3. The summed E-state index contributed by atoms with van der Waals surface area (Å²) in [6.45, 7) is 21.4. The van der Waals surface area contributed by atoms with Gasteiger partial charge >= 0.3 is 0 Å². The molecular formula is C69H66N4O. The average Bonchev–Trinajstić information content (AvgIpc) is 4.03. The van der Waals surface area contributed by atoms with Crippen molar-refractivity contribution < 1.29 is 4.74 Å². The van der Waals surface area contributed by atoms with E-state index in [1.807, 2.05) is 6.20 Å². The Balaban J connectivity index is 1.04. The fourth-order valence-electron chi connectivity index (χ4n) is 11.0. The molecular weight excluding hydrogens is 901 g/mol. The minimum absolute atomic E-state index is 0.0578. The lowest BCUT2D eigenvalue weighted by Crippen LogP contribution is -2.27. The van der Waals surface area contributed by atoms with E-state index in [0.29, 0.717) is 12.6 Å². The molecule has 0 fully saturated rings. The standard InChI is InChI=1S/C69H66N4O/c1-47(2)58-32-19-20-33-59(58)64-45-71(46-72(64)55-39-49(48-24-13-10-14-25-48)38-53(40-55)67(3,4)5)54-30-23-31-56(42-54)74-57-43-61(69(8,9)51-28-17-12-18-29-51)66-60-34-21-22-35-62(60)73(63(66)44-57)65-41-52(36-37-70-65)68(6,7)50-26-15-11-16-27-50/h10-45,47H,46H2,1-9H3. The molecule has 5 heteroatoms. The first-order valence-corrected chi connectivity index (χ1v) is 26.1. The van der Waals surface area contributed by atoms with Crippen molar-refractivity contribution in [1.29, 1.82) is 0 Å². The van der Waals surface area contributed by atoms with Crippen molar-refractivity contribution in [1.82, 2.24) is 9.55 Å². The summed E-state index contributed by atoms with van der Waals surface area (Å²) in [7, 11) is 0. The Hall–Kier alpha value is -8.15. The molecule has 0 saturated carbocycles. The van der Waals surface area contributed by atoms with Gasteiger partial charge in [-0.05, 0) is 104 Å². The molecule has 0 unspecified atom stereocenters. The Morgan fingerprint density at radius 3 is 1.88 bits per heavy atom. The summed E-state index contributed by atoms with van der Waals surface area (Å²) in [6.07, 6.45) is 4.29. The molecule has 0 bridgehead atoms. The predicted molar refractivity (Wildman–Crippen MR) is 311 cm³/mol. The van der Waals surface area contributed by atoms with Crippen LogP contribution in [0.25, 0.3) is 44.4 Å². The highest BCUT2D eigenvalue weighted by Crippen LogP contribution is 2.46. The van der Waals surface area contributed by atoms with Gasteiger partial charge in [0.15, 0.2) is 0 Å². The number of para-hydroxylation sites is 1. The van der Waals surface area contributed by atoms with Crippen molar-refractivity contribution in [3.05, 3.63) is 258 Å². The van der Waals surface area contributed by atoms with Crippen LogP contribution in [-0.4, -0.2) is 16.2 Å². The molecule has 0 spiro atoms. The third-order valence-corrected chi connectivity index (χ3v) is 15.4. The maximum Gasteiger partial charge on any atom is 0.137 e. The second kappa shape index (κ2) is 19.0. The molecule has 0 saturated heterocycles. The molecule has 5 nitrogen and oxygen atoms in total. The number of aromatic nitrogens is 2. The number of ether oxygens (including phenoxy) is 1. The average molecular weight is 967 g/mol. The van der Waals surface area contributed by atoms with Crippen molar-refractivity contribution in [2.24, 2.45) is 0 Å². The fourth-order valence-corrected chi connectivity index (χ4v) is 11.0. The number of pyridine rings is 1. The Morgan fingerprint density at radius 1 is 0.500 bits per heavy atom. The van der Waals surface area contributed by atoms with Crippen LogP contribution in [0.3, 0.4) is 0 Å². The lowest BCUT2D eigenvalue weighted by molar-refractivity contribution is 0.481. The molecule has 74 heavy (non-hydrogen) atoms. The molecule has 368 valence electrons. The summed E-state index contributed by atoms with van der Waals surface area (Å²) in [5, 5.41) is 2.36. The minimum Gasteiger partial charge on any atom is -0.457 e. The number of rotatable bonds is 12. The van der Waals surface area contributed by atoms with Crippen molar-refractivity contribution in [2.75, 3.05) is 16.5 Å². The Bertz CT molecular complexity index is 3690. The summed E-state index contributed by atoms with van der Waals surface area (Å²) >= 11 is 0. The second-order valence-corrected chi connectivity index (χ2v) is 22.4. The summed E-state index contributed by atoms with van der Waals surface area (Å²) in [4.78, 5) is 9.98. The van der Waals surface area contributed by atoms with Crippen molar-refractivity contribution in [2.45, 2.75) is 84.5 Å². The largest absolute Gasteiger partial charge is 0.457 e. The van der Waals surface area contributed by atoms with Gasteiger partial charge in [0, 0.05) is 63.1 Å². The quantitative estimate of drug-likeness (QED) is 0.122. The first-order chi connectivity index (χ1) is 35.6. The van der Waals surface area contributed by atoms with Crippen LogP contribution in [0.4, 0.5) is 11.4 Å². The Kier molecular flexibility index (Phi) is 12.4. The van der Waals surface area contributed by atoms with Crippen LogP contribution >= 0.6 is 0 Å². The van der Waals surface area contributed by atoms with Crippen LogP contribution in [0, 0.1) is 0 Å². The number of anilines is 2. The fraction of sp³-hybridized carbons (Fsp3) is 0.203. The monoisotopic (exact) mass is 967 g/mol. The van der Waals surface area contributed by atoms with E-state index >= 15 is 0 Å². The van der Waals surface area contributed by atoms with Gasteiger partial charge < -0.3 is 14.5 Å². The van der Waals surface area contributed by atoms with Gasteiger partial charge in [-0.15, -0.1) is 0 Å². The molecule has 0 N–H and O–H groups in total. The predicted octanol–water partition coefficient (Wildman–Crippen LogP) is 18.0. The number of fused-ring (bicyclic) bond motifs is 3. The van der Waals surface area contributed by atoms with Gasteiger partial charge in [-0.1, -0.05) is 208 Å². The Labute approximate surface area is 438 Å². The molecule has 11 rings (SSSR count). The third-order valence-electron chi connectivity index (χ3n) is 15.4. The van der Waals surface area contributed by atoms with Crippen molar-refractivity contribution >= 4 is 38.9 Å². The normalized spacial score (nSPS) is 13.3. The van der Waals surface area contributed by atoms with Gasteiger partial charge in [0.2, 0.25) is 0 Å². The molecule has 0 aliphatic carbocycles. The van der Waals surface area contributed by atoms with E-state index in [1.165, 1.54) is 66.5 Å². The van der Waals surface area contributed by atoms with Gasteiger partial charge in [0.1, 0.15) is 17.3 Å². The SMILES string of the molecule is CC(C)c1ccccc1C1=CN(c2cccc(Oc3cc(C(C)(C)c4ccccc4)c4c5ccccc5n(-c5cc(C(C)(C)c6ccccc6)ccn5)c4c3)c2)CN1c1cc(-c2ccccc2)cc(C(C)(C)C)c1. The highest BCUT2D eigenvalue weighted by Gasteiger charge is 2.32. The van der Waals surface area contributed by atoms with Crippen LogP contribution in [0.2, 0.25) is 0 Å². The topological polar surface area (TPSA) is 33.5 Å². The third kappa shape index (κ3) is 8.95. The maximum atomic E-state index is 7.18. The number of hydrogen-bond acceptors (Lipinski definition) is 4. The molecule has 3 heterocycles. The first-order valence-electron chi connectivity index (χ1n) is 26.1. The van der Waals surface area contributed by atoms with Crippen LogP contribution in [0.5, 0.6) is 11.5 Å². The van der Waals surface area contributed by atoms with E-state index in [1.54, 1.807) is 0 Å². The Morgan fingerprint density at radius 2 is 1.16 bits per heavy atom. The molecule has 1 aliphatic rings. The minimum atomic E-state index is -0.391. The summed E-state index contributed by atoms with van der Waals surface area (Å²) in [5.41, 5.74) is 15.9. The van der Waals surface area contributed by atoms with E-state index in [9.17, 15) is 0 Å². The lowest BCUT2D eigenvalue weighted by Gasteiger charge is -2.29. The summed E-state index contributed by atoms with van der Waals surface area (Å²) in [5.74, 6) is 2.73. The smallest absolute Gasteiger partial charge is 0.137 e. The van der Waals surface area contributed by atoms with Gasteiger partial charge in [0.25, 0.3) is 0 Å². The molecule has 0 radical (unpaired) electrons. The van der Waals surface area contributed by atoms with Gasteiger partial charge in [-0.2, -0.15) is 0 Å². The zero-order chi connectivity index (χ0) is 51.4. The van der Waals surface area contributed by atoms with E-state index in [0.717, 1.165) is 39.7 Å². The first kappa shape index (κ1) is 48.1. The highest BCUT2D eigenvalue weighted by atomic mass is 16.5. The maximum absolute atomic E-state index is 7.18. The molecule has 0 amide bonds. The van der Waals surface area contributed by atoms with Gasteiger partial charge in [-0.25, -0.2) is 4.98 Å². The molecule has 1 aliphatic heterocycles. The molecule has 10 aromatic rings. The van der Waals surface area contributed by atoms with E-state index in [-0.39, 0.29) is 10.8 Å². The van der Waals surface area contributed by atoms with Crippen LogP contribution in [0.1, 0.15) is 107 Å². The number of hydrogen-bond donors (Lipinski definition) is 0. The number of benzene rings is 8. The lowest BCUT2D eigenvalue weighted by atomic mass is 9.76. The van der Waals surface area contributed by atoms with Crippen molar-refractivity contribution in [3.63, 3.8) is 0 Å². The second-order valence-electron chi connectivity index (χ2n) is 22.4. The number of nitrogens with zero attached hydrogens (tertiary/aromatic N) is 4. The van der Waals surface area contributed by atoms with Crippen LogP contribution in [-0.2, 0) is 16.2 Å². The highest BCUT2D eigenvalue weighted by molar-refractivity contribution is 6.12. The van der Waals surface area contributed by atoms with E-state index in [2.05, 4.69) is 289 Å². The molecule has 0 atom stereocenters. The van der Waals surface area contributed by atoms with Crippen LogP contribution < -0.4 is 14.5 Å². The molecule has 8 aromatic carbocycles. The van der Waals surface area contributed by atoms with Gasteiger partial charge in [0.05, 0.1) is 23.4 Å². The van der Waals surface area contributed by atoms with Crippen molar-refractivity contribution in [3.8, 4) is 28.4 Å². The van der Waals surface area contributed by atoms with E-state index < -0.39 is 5.41 Å².